The van der Waals surface area contributed by atoms with Crippen LogP contribution >= 0.6 is 11.6 Å². The van der Waals surface area contributed by atoms with Crippen molar-refractivity contribution in [2.75, 3.05) is 18.9 Å². The third-order valence-electron chi connectivity index (χ3n) is 3.18. The zero-order valence-electron chi connectivity index (χ0n) is 11.6. The Morgan fingerprint density at radius 3 is 2.62 bits per heavy atom. The van der Waals surface area contributed by atoms with Gasteiger partial charge < -0.3 is 15.5 Å². The number of carbonyl (C=O) groups is 3. The first-order chi connectivity index (χ1) is 9.95. The summed E-state index contributed by atoms with van der Waals surface area (Å²) in [5, 5.41) is 5.84. The molecule has 21 heavy (non-hydrogen) atoms. The standard InChI is InChI=1S/C14H16ClN3O3/c1-18(14(21)11-6-7-12(19)17-11)8-13(20)16-10-4-2-9(15)3-5-10/h2-5,11H,6-8H2,1H3,(H,16,20)(H,17,19)/t11-/m1/s1. The van der Waals surface area contributed by atoms with Crippen LogP contribution in [0.5, 0.6) is 0 Å². The van der Waals surface area contributed by atoms with Crippen LogP contribution in [0.2, 0.25) is 5.02 Å². The Kier molecular flexibility index (Phi) is 4.80. The van der Waals surface area contributed by atoms with Gasteiger partial charge in [-0.25, -0.2) is 0 Å². The third kappa shape index (κ3) is 4.19. The number of hydrogen-bond donors (Lipinski definition) is 2. The number of hydrogen-bond acceptors (Lipinski definition) is 3. The molecule has 1 aromatic carbocycles. The largest absolute Gasteiger partial charge is 0.344 e. The van der Waals surface area contributed by atoms with Crippen LogP contribution in [-0.2, 0) is 14.4 Å². The van der Waals surface area contributed by atoms with Gasteiger partial charge in [-0.15, -0.1) is 0 Å². The highest BCUT2D eigenvalue weighted by molar-refractivity contribution is 6.30. The maximum atomic E-state index is 12.0. The summed E-state index contributed by atoms with van der Waals surface area (Å²) in [7, 11) is 1.54. The summed E-state index contributed by atoms with van der Waals surface area (Å²) in [4.78, 5) is 36.3. The molecule has 1 fully saturated rings. The van der Waals surface area contributed by atoms with E-state index in [0.717, 1.165) is 0 Å². The van der Waals surface area contributed by atoms with Gasteiger partial charge in [0.15, 0.2) is 0 Å². The summed E-state index contributed by atoms with van der Waals surface area (Å²) < 4.78 is 0. The van der Waals surface area contributed by atoms with Crippen LogP contribution in [0.3, 0.4) is 0 Å². The first-order valence-electron chi connectivity index (χ1n) is 6.55. The predicted molar refractivity (Wildman–Crippen MR) is 78.9 cm³/mol. The molecule has 6 nitrogen and oxygen atoms in total. The molecule has 1 aromatic rings. The molecule has 112 valence electrons. The van der Waals surface area contributed by atoms with Gasteiger partial charge in [0.25, 0.3) is 0 Å². The fourth-order valence-corrected chi connectivity index (χ4v) is 2.22. The predicted octanol–water partition coefficient (Wildman–Crippen LogP) is 1.02. The Balaban J connectivity index is 1.85. The van der Waals surface area contributed by atoms with Gasteiger partial charge in [0.05, 0.1) is 6.54 Å². The number of likely N-dealkylation sites (N-methyl/N-ethyl adjacent to an activating group) is 1. The van der Waals surface area contributed by atoms with Gasteiger partial charge in [-0.3, -0.25) is 14.4 Å². The van der Waals surface area contributed by atoms with Crippen LogP contribution in [0, 0.1) is 0 Å². The van der Waals surface area contributed by atoms with Crippen LogP contribution in [0.15, 0.2) is 24.3 Å². The molecule has 7 heteroatoms. The van der Waals surface area contributed by atoms with Crippen LogP contribution < -0.4 is 10.6 Å². The van der Waals surface area contributed by atoms with Gasteiger partial charge in [0.2, 0.25) is 17.7 Å². The monoisotopic (exact) mass is 309 g/mol. The van der Waals surface area contributed by atoms with Gasteiger partial charge in [-0.1, -0.05) is 11.6 Å². The maximum absolute atomic E-state index is 12.0. The minimum absolute atomic E-state index is 0.0756. The van der Waals surface area contributed by atoms with E-state index >= 15 is 0 Å². The van der Waals surface area contributed by atoms with E-state index in [1.807, 2.05) is 0 Å². The fourth-order valence-electron chi connectivity index (χ4n) is 2.09. The van der Waals surface area contributed by atoms with E-state index < -0.39 is 6.04 Å². The Morgan fingerprint density at radius 1 is 1.38 bits per heavy atom. The van der Waals surface area contributed by atoms with Gasteiger partial charge in [0.1, 0.15) is 6.04 Å². The lowest BCUT2D eigenvalue weighted by Crippen LogP contribution is -2.45. The van der Waals surface area contributed by atoms with Crippen molar-refractivity contribution in [3.8, 4) is 0 Å². The minimum atomic E-state index is -0.522. The second-order valence-electron chi connectivity index (χ2n) is 4.91. The fraction of sp³-hybridized carbons (Fsp3) is 0.357. The Morgan fingerprint density at radius 2 is 2.05 bits per heavy atom. The number of carbonyl (C=O) groups excluding carboxylic acids is 3. The molecule has 0 unspecified atom stereocenters. The SMILES string of the molecule is CN(CC(=O)Nc1ccc(Cl)cc1)C(=O)[C@H]1CCC(=O)N1. The highest BCUT2D eigenvalue weighted by Gasteiger charge is 2.29. The van der Waals surface area contributed by atoms with Crippen molar-refractivity contribution in [3.05, 3.63) is 29.3 Å². The molecule has 0 radical (unpaired) electrons. The molecule has 0 saturated carbocycles. The minimum Gasteiger partial charge on any atom is -0.344 e. The van der Waals surface area contributed by atoms with E-state index in [2.05, 4.69) is 10.6 Å². The molecule has 2 rings (SSSR count). The van der Waals surface area contributed by atoms with Crippen LogP contribution in [0.25, 0.3) is 0 Å². The average molecular weight is 310 g/mol. The van der Waals surface area contributed by atoms with E-state index in [1.165, 1.54) is 11.9 Å². The molecule has 1 saturated heterocycles. The Hall–Kier alpha value is -2.08. The first kappa shape index (κ1) is 15.3. The molecular formula is C14H16ClN3O3. The summed E-state index contributed by atoms with van der Waals surface area (Å²) >= 11 is 5.76. The third-order valence-corrected chi connectivity index (χ3v) is 3.43. The van der Waals surface area contributed by atoms with E-state index in [-0.39, 0.29) is 24.3 Å². The number of benzene rings is 1. The molecule has 0 bridgehead atoms. The highest BCUT2D eigenvalue weighted by Crippen LogP contribution is 2.13. The zero-order valence-corrected chi connectivity index (χ0v) is 12.3. The van der Waals surface area contributed by atoms with E-state index in [9.17, 15) is 14.4 Å². The molecule has 0 aliphatic carbocycles. The van der Waals surface area contributed by atoms with Gasteiger partial charge in [-0.2, -0.15) is 0 Å². The Bertz CT molecular complexity index is 559. The lowest BCUT2D eigenvalue weighted by Gasteiger charge is -2.20. The number of halogens is 1. The van der Waals surface area contributed by atoms with Gasteiger partial charge in [0, 0.05) is 24.2 Å². The second-order valence-corrected chi connectivity index (χ2v) is 5.34. The highest BCUT2D eigenvalue weighted by atomic mass is 35.5. The normalized spacial score (nSPS) is 17.2. The van der Waals surface area contributed by atoms with Crippen LogP contribution in [0.4, 0.5) is 5.69 Å². The van der Waals surface area contributed by atoms with Crippen LogP contribution in [0.1, 0.15) is 12.8 Å². The quantitative estimate of drug-likeness (QED) is 0.871. The van der Waals surface area contributed by atoms with E-state index in [0.29, 0.717) is 23.6 Å². The summed E-state index contributed by atoms with van der Waals surface area (Å²) in [6.07, 6.45) is 0.821. The van der Waals surface area contributed by atoms with Crippen molar-refractivity contribution in [2.24, 2.45) is 0 Å². The van der Waals surface area contributed by atoms with Crippen molar-refractivity contribution in [1.82, 2.24) is 10.2 Å². The molecular weight excluding hydrogens is 294 g/mol. The molecule has 0 aromatic heterocycles. The first-order valence-corrected chi connectivity index (χ1v) is 6.93. The Labute approximate surface area is 127 Å². The molecule has 1 aliphatic rings. The van der Waals surface area contributed by atoms with E-state index in [1.54, 1.807) is 24.3 Å². The average Bonchev–Trinajstić information content (AvgIpc) is 2.87. The van der Waals surface area contributed by atoms with E-state index in [4.69, 9.17) is 11.6 Å². The molecule has 0 spiro atoms. The lowest BCUT2D eigenvalue weighted by molar-refractivity contribution is -0.135. The zero-order chi connectivity index (χ0) is 15.4. The summed E-state index contributed by atoms with van der Waals surface area (Å²) in [5.74, 6) is -0.697. The smallest absolute Gasteiger partial charge is 0.245 e. The van der Waals surface area contributed by atoms with Crippen molar-refractivity contribution in [2.45, 2.75) is 18.9 Å². The molecule has 3 amide bonds. The van der Waals surface area contributed by atoms with Gasteiger partial charge in [-0.05, 0) is 30.7 Å². The van der Waals surface area contributed by atoms with Crippen molar-refractivity contribution in [1.29, 1.82) is 0 Å². The number of nitrogens with one attached hydrogen (secondary N) is 2. The maximum Gasteiger partial charge on any atom is 0.245 e. The van der Waals surface area contributed by atoms with Crippen molar-refractivity contribution in [3.63, 3.8) is 0 Å². The number of nitrogens with zero attached hydrogens (tertiary/aromatic N) is 1. The van der Waals surface area contributed by atoms with Crippen molar-refractivity contribution >= 4 is 35.0 Å². The lowest BCUT2D eigenvalue weighted by atomic mass is 10.2. The number of amides is 3. The number of anilines is 1. The van der Waals surface area contributed by atoms with Crippen molar-refractivity contribution < 1.29 is 14.4 Å². The molecule has 1 atom stereocenters. The van der Waals surface area contributed by atoms with Crippen LogP contribution in [-0.4, -0.2) is 42.3 Å². The summed E-state index contributed by atoms with van der Waals surface area (Å²) in [5.41, 5.74) is 0.611. The number of rotatable bonds is 4. The topological polar surface area (TPSA) is 78.5 Å². The summed E-state index contributed by atoms with van der Waals surface area (Å²) in [6.45, 7) is -0.0756. The second kappa shape index (κ2) is 6.58. The molecule has 1 heterocycles. The molecule has 2 N–H and O–H groups in total. The molecule has 1 aliphatic heterocycles. The summed E-state index contributed by atoms with van der Waals surface area (Å²) in [6, 6.07) is 6.17. The van der Waals surface area contributed by atoms with Gasteiger partial charge >= 0.3 is 0 Å².